The molecule has 1 fully saturated rings. The number of halogens is 1. The molecule has 1 aliphatic rings. The summed E-state index contributed by atoms with van der Waals surface area (Å²) >= 11 is 5.84. The first-order chi connectivity index (χ1) is 7.96. The van der Waals surface area contributed by atoms with Crippen molar-refractivity contribution in [3.05, 3.63) is 23.2 Å². The predicted molar refractivity (Wildman–Crippen MR) is 66.0 cm³/mol. The van der Waals surface area contributed by atoms with Gasteiger partial charge >= 0.3 is 0 Å². The maximum atomic E-state index is 12.3. The number of nitrogens with zero attached hydrogens (tertiary/aromatic N) is 1. The van der Waals surface area contributed by atoms with Crippen LogP contribution in [0.3, 0.4) is 0 Å². The van der Waals surface area contributed by atoms with Crippen molar-refractivity contribution in [2.24, 2.45) is 0 Å². The minimum atomic E-state index is -3.52. The fourth-order valence-electron chi connectivity index (χ4n) is 1.64. The second-order valence-corrected chi connectivity index (χ2v) is 6.45. The van der Waals surface area contributed by atoms with Gasteiger partial charge in [0, 0.05) is 18.1 Å². The highest BCUT2D eigenvalue weighted by atomic mass is 35.5. The Labute approximate surface area is 106 Å². The fraction of sp³-hybridized carbons (Fsp3) is 0.455. The van der Waals surface area contributed by atoms with Crippen molar-refractivity contribution >= 4 is 21.6 Å². The number of hydrogen-bond acceptors (Lipinski definition) is 3. The highest BCUT2D eigenvalue weighted by molar-refractivity contribution is 7.89. The maximum absolute atomic E-state index is 12.3. The van der Waals surface area contributed by atoms with E-state index in [9.17, 15) is 8.42 Å². The number of ether oxygens (including phenoxy) is 1. The van der Waals surface area contributed by atoms with Crippen LogP contribution in [0.4, 0.5) is 0 Å². The zero-order valence-corrected chi connectivity index (χ0v) is 11.3. The summed E-state index contributed by atoms with van der Waals surface area (Å²) in [5.74, 6) is 0.321. The topological polar surface area (TPSA) is 46.6 Å². The van der Waals surface area contributed by atoms with E-state index in [1.54, 1.807) is 19.2 Å². The molecule has 0 spiro atoms. The molecule has 0 N–H and O–H groups in total. The highest BCUT2D eigenvalue weighted by Crippen LogP contribution is 2.34. The van der Waals surface area contributed by atoms with Crippen LogP contribution < -0.4 is 4.74 Å². The average molecular weight is 276 g/mol. The molecular formula is C11H14ClNO3S. The maximum Gasteiger partial charge on any atom is 0.246 e. The Morgan fingerprint density at radius 3 is 2.59 bits per heavy atom. The summed E-state index contributed by atoms with van der Waals surface area (Å²) in [5, 5.41) is 0.383. The molecule has 2 rings (SSSR count). The summed E-state index contributed by atoms with van der Waals surface area (Å²) in [6.07, 6.45) is 1.83. The quantitative estimate of drug-likeness (QED) is 0.846. The van der Waals surface area contributed by atoms with Crippen LogP contribution in [0.15, 0.2) is 23.1 Å². The molecule has 4 nitrogen and oxygen atoms in total. The normalized spacial score (nSPS) is 16.2. The molecule has 0 atom stereocenters. The van der Waals surface area contributed by atoms with Crippen molar-refractivity contribution < 1.29 is 13.2 Å². The molecule has 1 aliphatic carbocycles. The Kier molecular flexibility index (Phi) is 3.34. The number of hydrogen-bond donors (Lipinski definition) is 0. The van der Waals surface area contributed by atoms with Gasteiger partial charge in [-0.1, -0.05) is 11.6 Å². The van der Waals surface area contributed by atoms with Crippen molar-refractivity contribution in [2.75, 3.05) is 14.2 Å². The van der Waals surface area contributed by atoms with Gasteiger partial charge in [-0.2, -0.15) is 4.31 Å². The summed E-state index contributed by atoms with van der Waals surface area (Å²) in [5.41, 5.74) is 0. The standard InChI is InChI=1S/C11H14ClNO3S/c1-13(9-4-5-9)17(14,15)11-7-8(12)3-6-10(11)16-2/h3,6-7,9H,4-5H2,1-2H3. The highest BCUT2D eigenvalue weighted by Gasteiger charge is 2.36. The first-order valence-corrected chi connectivity index (χ1v) is 7.10. The van der Waals surface area contributed by atoms with Gasteiger partial charge in [0.15, 0.2) is 0 Å². The lowest BCUT2D eigenvalue weighted by Crippen LogP contribution is -2.29. The zero-order chi connectivity index (χ0) is 12.6. The van der Waals surface area contributed by atoms with Gasteiger partial charge in [0.2, 0.25) is 10.0 Å². The summed E-state index contributed by atoms with van der Waals surface area (Å²) in [6, 6.07) is 4.71. The van der Waals surface area contributed by atoms with E-state index in [4.69, 9.17) is 16.3 Å². The Hall–Kier alpha value is -0.780. The third-order valence-electron chi connectivity index (χ3n) is 2.84. The van der Waals surface area contributed by atoms with Gasteiger partial charge in [-0.05, 0) is 31.0 Å². The van der Waals surface area contributed by atoms with E-state index in [2.05, 4.69) is 0 Å². The number of rotatable bonds is 4. The van der Waals surface area contributed by atoms with Crippen LogP contribution in [0.1, 0.15) is 12.8 Å². The fourth-order valence-corrected chi connectivity index (χ4v) is 3.47. The molecule has 0 aromatic heterocycles. The molecule has 0 bridgehead atoms. The van der Waals surface area contributed by atoms with Crippen LogP contribution in [0.5, 0.6) is 5.75 Å². The van der Waals surface area contributed by atoms with Crippen LogP contribution in [-0.4, -0.2) is 32.9 Å². The Bertz CT molecular complexity index is 526. The lowest BCUT2D eigenvalue weighted by Gasteiger charge is -2.18. The van der Waals surface area contributed by atoms with Crippen LogP contribution >= 0.6 is 11.6 Å². The minimum Gasteiger partial charge on any atom is -0.495 e. The third-order valence-corrected chi connectivity index (χ3v) is 5.01. The van der Waals surface area contributed by atoms with E-state index in [-0.39, 0.29) is 10.9 Å². The van der Waals surface area contributed by atoms with E-state index in [0.717, 1.165) is 12.8 Å². The second kappa shape index (κ2) is 4.48. The van der Waals surface area contributed by atoms with Crippen molar-refractivity contribution in [3.63, 3.8) is 0 Å². The lowest BCUT2D eigenvalue weighted by molar-refractivity contribution is 0.397. The molecule has 0 heterocycles. The number of benzene rings is 1. The van der Waals surface area contributed by atoms with Crippen molar-refractivity contribution in [3.8, 4) is 5.75 Å². The van der Waals surface area contributed by atoms with Gasteiger partial charge < -0.3 is 4.74 Å². The monoisotopic (exact) mass is 275 g/mol. The van der Waals surface area contributed by atoms with Gasteiger partial charge in [-0.3, -0.25) is 0 Å². The van der Waals surface area contributed by atoms with E-state index >= 15 is 0 Å². The van der Waals surface area contributed by atoms with Crippen LogP contribution in [0.2, 0.25) is 5.02 Å². The number of methoxy groups -OCH3 is 1. The first-order valence-electron chi connectivity index (χ1n) is 5.28. The third kappa shape index (κ3) is 2.41. The van der Waals surface area contributed by atoms with Gasteiger partial charge in [0.25, 0.3) is 0 Å². The van der Waals surface area contributed by atoms with E-state index < -0.39 is 10.0 Å². The summed E-state index contributed by atoms with van der Waals surface area (Å²) in [6.45, 7) is 0. The largest absolute Gasteiger partial charge is 0.495 e. The molecule has 1 aromatic carbocycles. The molecule has 0 unspecified atom stereocenters. The second-order valence-electron chi connectivity index (χ2n) is 4.05. The smallest absolute Gasteiger partial charge is 0.246 e. The van der Waals surface area contributed by atoms with Gasteiger partial charge in [-0.25, -0.2) is 8.42 Å². The van der Waals surface area contributed by atoms with Gasteiger partial charge in [0.1, 0.15) is 10.6 Å². The summed E-state index contributed by atoms with van der Waals surface area (Å²) < 4.78 is 31.1. The SMILES string of the molecule is COc1ccc(Cl)cc1S(=O)(=O)N(C)C1CC1. The van der Waals surface area contributed by atoms with Crippen molar-refractivity contribution in [1.82, 2.24) is 4.31 Å². The van der Waals surface area contributed by atoms with Crippen LogP contribution in [0, 0.1) is 0 Å². The minimum absolute atomic E-state index is 0.115. The molecule has 0 amide bonds. The van der Waals surface area contributed by atoms with Crippen LogP contribution in [-0.2, 0) is 10.0 Å². The Morgan fingerprint density at radius 2 is 2.06 bits per heavy atom. The average Bonchev–Trinajstić information content (AvgIpc) is 3.11. The van der Waals surface area contributed by atoms with Crippen molar-refractivity contribution in [2.45, 2.75) is 23.8 Å². The molecule has 94 valence electrons. The Morgan fingerprint density at radius 1 is 1.41 bits per heavy atom. The summed E-state index contributed by atoms with van der Waals surface area (Å²) in [4.78, 5) is 0.127. The molecule has 1 aromatic rings. The van der Waals surface area contributed by atoms with E-state index in [0.29, 0.717) is 10.8 Å². The first kappa shape index (κ1) is 12.7. The predicted octanol–water partition coefficient (Wildman–Crippen LogP) is 2.13. The van der Waals surface area contributed by atoms with Gasteiger partial charge in [0.05, 0.1) is 7.11 Å². The molecule has 0 radical (unpaired) electrons. The van der Waals surface area contributed by atoms with E-state index in [1.165, 1.54) is 17.5 Å². The van der Waals surface area contributed by atoms with Crippen LogP contribution in [0.25, 0.3) is 0 Å². The van der Waals surface area contributed by atoms with E-state index in [1.807, 2.05) is 0 Å². The number of sulfonamides is 1. The van der Waals surface area contributed by atoms with Gasteiger partial charge in [-0.15, -0.1) is 0 Å². The Balaban J connectivity index is 2.47. The molecular weight excluding hydrogens is 262 g/mol. The lowest BCUT2D eigenvalue weighted by atomic mass is 10.3. The molecule has 6 heteroatoms. The molecule has 0 aliphatic heterocycles. The molecule has 1 saturated carbocycles. The van der Waals surface area contributed by atoms with Crippen molar-refractivity contribution in [1.29, 1.82) is 0 Å². The molecule has 17 heavy (non-hydrogen) atoms. The molecule has 0 saturated heterocycles. The summed E-state index contributed by atoms with van der Waals surface area (Å²) in [7, 11) is -0.483. The zero-order valence-electron chi connectivity index (χ0n) is 9.68.